The van der Waals surface area contributed by atoms with Crippen molar-refractivity contribution in [2.75, 3.05) is 13.7 Å². The minimum Gasteiger partial charge on any atom is -0.494 e. The van der Waals surface area contributed by atoms with Crippen LogP contribution in [0.25, 0.3) is 5.69 Å². The summed E-state index contributed by atoms with van der Waals surface area (Å²) in [6.45, 7) is 4.31. The van der Waals surface area contributed by atoms with Gasteiger partial charge in [0.1, 0.15) is 11.4 Å². The molecule has 1 aromatic carbocycles. The molecule has 0 saturated carbocycles. The molecule has 0 bridgehead atoms. The van der Waals surface area contributed by atoms with Gasteiger partial charge in [-0.1, -0.05) is 6.07 Å². The summed E-state index contributed by atoms with van der Waals surface area (Å²) in [6.07, 6.45) is 3.21. The quantitative estimate of drug-likeness (QED) is 0.906. The molecule has 0 unspecified atom stereocenters. The Kier molecular flexibility index (Phi) is 4.97. The number of nitrogens with two attached hydrogens (primary N) is 1. The maximum absolute atomic E-state index is 12.9. The number of ether oxygens (including phenoxy) is 1. The van der Waals surface area contributed by atoms with Gasteiger partial charge in [-0.2, -0.15) is 5.10 Å². The second-order valence-corrected chi connectivity index (χ2v) is 6.80. The highest BCUT2D eigenvalue weighted by molar-refractivity contribution is 5.93. The van der Waals surface area contributed by atoms with Gasteiger partial charge in [0.15, 0.2) is 5.69 Å². The molecule has 2 aromatic rings. The number of nitrogens with zero attached hydrogens (tertiary/aromatic N) is 3. The zero-order valence-corrected chi connectivity index (χ0v) is 15.3. The number of benzene rings is 1. The van der Waals surface area contributed by atoms with E-state index in [1.807, 2.05) is 32.0 Å². The van der Waals surface area contributed by atoms with Crippen molar-refractivity contribution in [2.45, 2.75) is 32.7 Å². The predicted octanol–water partition coefficient (Wildman–Crippen LogP) is 1.92. The first-order chi connectivity index (χ1) is 12.4. The molecule has 7 nitrogen and oxygen atoms in total. The van der Waals surface area contributed by atoms with Crippen LogP contribution in [0.4, 0.5) is 0 Å². The van der Waals surface area contributed by atoms with Crippen LogP contribution in [0, 0.1) is 12.8 Å². The first-order valence-corrected chi connectivity index (χ1v) is 8.71. The molecule has 0 aliphatic carbocycles. The van der Waals surface area contributed by atoms with Crippen molar-refractivity contribution >= 4 is 11.8 Å². The summed E-state index contributed by atoms with van der Waals surface area (Å²) in [7, 11) is 1.60. The van der Waals surface area contributed by atoms with Gasteiger partial charge in [-0.25, -0.2) is 4.68 Å². The van der Waals surface area contributed by atoms with Gasteiger partial charge < -0.3 is 15.4 Å². The van der Waals surface area contributed by atoms with Gasteiger partial charge in [-0.15, -0.1) is 0 Å². The van der Waals surface area contributed by atoms with Gasteiger partial charge in [-0.05, 0) is 50.5 Å². The molecule has 1 saturated heterocycles. The second-order valence-electron chi connectivity index (χ2n) is 6.80. The number of aromatic nitrogens is 2. The number of likely N-dealkylation sites (tertiary alicyclic amines) is 1. The van der Waals surface area contributed by atoms with E-state index < -0.39 is 0 Å². The standard InChI is InChI=1S/C19H24N4O3/c1-12-4-7-17(26-3)16(10-12)23-9-8-15(21-23)19(25)22-11-14(18(20)24)6-5-13(22)2/h4,7-10,13-14H,5-6,11H2,1-3H3,(H2,20,24)/t13-,14-/m1/s1. The molecular weight excluding hydrogens is 332 g/mol. The number of primary amides is 1. The summed E-state index contributed by atoms with van der Waals surface area (Å²) in [6, 6.07) is 7.52. The molecule has 2 N–H and O–H groups in total. The fraction of sp³-hybridized carbons (Fsp3) is 0.421. The molecule has 1 aliphatic heterocycles. The highest BCUT2D eigenvalue weighted by atomic mass is 16.5. The number of hydrogen-bond acceptors (Lipinski definition) is 4. The summed E-state index contributed by atoms with van der Waals surface area (Å²) >= 11 is 0. The minimum atomic E-state index is -0.357. The fourth-order valence-corrected chi connectivity index (χ4v) is 3.32. The lowest BCUT2D eigenvalue weighted by molar-refractivity contribution is -0.123. The Morgan fingerprint density at radius 2 is 2.04 bits per heavy atom. The Morgan fingerprint density at radius 3 is 2.73 bits per heavy atom. The molecule has 0 radical (unpaired) electrons. The average molecular weight is 356 g/mol. The van der Waals surface area contributed by atoms with Crippen molar-refractivity contribution in [1.82, 2.24) is 14.7 Å². The van der Waals surface area contributed by atoms with Crippen LogP contribution in [-0.2, 0) is 4.79 Å². The molecule has 1 aliphatic rings. The van der Waals surface area contributed by atoms with Crippen molar-refractivity contribution in [1.29, 1.82) is 0 Å². The zero-order valence-electron chi connectivity index (χ0n) is 15.3. The number of carbonyl (C=O) groups excluding carboxylic acids is 2. The van der Waals surface area contributed by atoms with Gasteiger partial charge in [0.05, 0.1) is 13.0 Å². The molecule has 2 heterocycles. The van der Waals surface area contributed by atoms with E-state index in [9.17, 15) is 9.59 Å². The Bertz CT molecular complexity index is 830. The third kappa shape index (κ3) is 3.42. The van der Waals surface area contributed by atoms with Gasteiger partial charge >= 0.3 is 0 Å². The van der Waals surface area contributed by atoms with Gasteiger partial charge in [0, 0.05) is 18.8 Å². The Morgan fingerprint density at radius 1 is 1.27 bits per heavy atom. The van der Waals surface area contributed by atoms with E-state index in [2.05, 4.69) is 5.10 Å². The van der Waals surface area contributed by atoms with Gasteiger partial charge in [0.25, 0.3) is 5.91 Å². The Hall–Kier alpha value is -2.83. The number of methoxy groups -OCH3 is 1. The van der Waals surface area contributed by atoms with E-state index in [4.69, 9.17) is 10.5 Å². The topological polar surface area (TPSA) is 90.5 Å². The first-order valence-electron chi connectivity index (χ1n) is 8.71. The fourth-order valence-electron chi connectivity index (χ4n) is 3.32. The molecule has 2 amide bonds. The second kappa shape index (κ2) is 7.19. The van der Waals surface area contributed by atoms with Crippen molar-refractivity contribution < 1.29 is 14.3 Å². The SMILES string of the molecule is COc1ccc(C)cc1-n1ccc(C(=O)N2C[C@H](C(N)=O)CC[C@H]2C)n1. The molecule has 7 heteroatoms. The third-order valence-electron chi connectivity index (χ3n) is 4.93. The maximum Gasteiger partial charge on any atom is 0.274 e. The molecule has 26 heavy (non-hydrogen) atoms. The summed E-state index contributed by atoms with van der Waals surface area (Å²) in [5.41, 5.74) is 7.61. The van der Waals surface area contributed by atoms with Gasteiger partial charge in [-0.3, -0.25) is 9.59 Å². The van der Waals surface area contributed by atoms with E-state index in [0.29, 0.717) is 18.0 Å². The van der Waals surface area contributed by atoms with Crippen molar-refractivity contribution in [3.05, 3.63) is 41.7 Å². The van der Waals surface area contributed by atoms with Crippen LogP contribution in [0.15, 0.2) is 30.5 Å². The Labute approximate surface area is 152 Å². The summed E-state index contributed by atoms with van der Waals surface area (Å²) < 4.78 is 7.03. The summed E-state index contributed by atoms with van der Waals surface area (Å²) in [5.74, 6) is -0.162. The van der Waals surface area contributed by atoms with Crippen molar-refractivity contribution in [3.63, 3.8) is 0 Å². The molecule has 138 valence electrons. The Balaban J connectivity index is 1.86. The molecule has 2 atom stereocenters. The highest BCUT2D eigenvalue weighted by Gasteiger charge is 2.33. The monoisotopic (exact) mass is 356 g/mol. The zero-order chi connectivity index (χ0) is 18.8. The van der Waals surface area contributed by atoms with Crippen LogP contribution in [0.5, 0.6) is 5.75 Å². The predicted molar refractivity (Wildman–Crippen MR) is 97.3 cm³/mol. The number of amides is 2. The van der Waals surface area contributed by atoms with Crippen molar-refractivity contribution in [2.24, 2.45) is 11.7 Å². The van der Waals surface area contributed by atoms with E-state index in [-0.39, 0.29) is 23.8 Å². The van der Waals surface area contributed by atoms with E-state index in [1.54, 1.807) is 29.0 Å². The minimum absolute atomic E-state index is 0.0526. The number of aryl methyl sites for hydroxylation is 1. The lowest BCUT2D eigenvalue weighted by Gasteiger charge is -2.36. The lowest BCUT2D eigenvalue weighted by atomic mass is 9.92. The number of piperidine rings is 1. The molecule has 1 fully saturated rings. The molecule has 1 aromatic heterocycles. The molecule has 3 rings (SSSR count). The van der Waals surface area contributed by atoms with E-state index in [1.165, 1.54) is 0 Å². The largest absolute Gasteiger partial charge is 0.494 e. The molecule has 0 spiro atoms. The average Bonchev–Trinajstić information content (AvgIpc) is 3.11. The van der Waals surface area contributed by atoms with Crippen molar-refractivity contribution in [3.8, 4) is 11.4 Å². The highest BCUT2D eigenvalue weighted by Crippen LogP contribution is 2.25. The maximum atomic E-state index is 12.9. The molecular formula is C19H24N4O3. The normalized spacial score (nSPS) is 20.0. The summed E-state index contributed by atoms with van der Waals surface area (Å²) in [5, 5.41) is 4.44. The number of rotatable bonds is 4. The first kappa shape index (κ1) is 18.0. The van der Waals surface area contributed by atoms with Gasteiger partial charge in [0.2, 0.25) is 5.91 Å². The van der Waals surface area contributed by atoms with Crippen LogP contribution < -0.4 is 10.5 Å². The lowest BCUT2D eigenvalue weighted by Crippen LogP contribution is -2.48. The number of hydrogen-bond donors (Lipinski definition) is 1. The van der Waals surface area contributed by atoms with E-state index >= 15 is 0 Å². The summed E-state index contributed by atoms with van der Waals surface area (Å²) in [4.78, 5) is 26.1. The smallest absolute Gasteiger partial charge is 0.274 e. The van der Waals surface area contributed by atoms with Crippen LogP contribution in [0.1, 0.15) is 35.8 Å². The third-order valence-corrected chi connectivity index (χ3v) is 4.93. The van der Waals surface area contributed by atoms with Crippen LogP contribution >= 0.6 is 0 Å². The van der Waals surface area contributed by atoms with Crippen LogP contribution in [0.2, 0.25) is 0 Å². The number of carbonyl (C=O) groups is 2. The van der Waals surface area contributed by atoms with Crippen LogP contribution in [0.3, 0.4) is 0 Å². The van der Waals surface area contributed by atoms with Crippen LogP contribution in [-0.4, -0.2) is 46.2 Å². The van der Waals surface area contributed by atoms with E-state index in [0.717, 1.165) is 24.1 Å².